The van der Waals surface area contributed by atoms with Gasteiger partial charge in [-0.3, -0.25) is 0 Å². The molecule has 0 aliphatic rings. The molecule has 0 radical (unpaired) electrons. The van der Waals surface area contributed by atoms with Gasteiger partial charge in [0.25, 0.3) is 0 Å². The molecule has 0 fully saturated rings. The van der Waals surface area contributed by atoms with Gasteiger partial charge in [-0.05, 0) is 23.4 Å². The van der Waals surface area contributed by atoms with Crippen molar-refractivity contribution in [2.45, 2.75) is 22.5 Å². The highest BCUT2D eigenvalue weighted by atomic mass is 35.5. The van der Waals surface area contributed by atoms with E-state index >= 15 is 0 Å². The zero-order valence-corrected chi connectivity index (χ0v) is 17.1. The van der Waals surface area contributed by atoms with E-state index in [9.17, 15) is 0 Å². The molecule has 0 bridgehead atoms. The minimum Gasteiger partial charge on any atom is -0.243 e. The van der Waals surface area contributed by atoms with Crippen molar-refractivity contribution in [2.75, 3.05) is 6.26 Å². The van der Waals surface area contributed by atoms with Gasteiger partial charge < -0.3 is 0 Å². The highest BCUT2D eigenvalue weighted by Gasteiger charge is 2.14. The van der Waals surface area contributed by atoms with Gasteiger partial charge in [-0.15, -0.1) is 11.8 Å². The maximum absolute atomic E-state index is 6.29. The maximum Gasteiger partial charge on any atom is 0.190 e. The fourth-order valence-electron chi connectivity index (χ4n) is 2.75. The van der Waals surface area contributed by atoms with Crippen molar-refractivity contribution < 1.29 is 0 Å². The van der Waals surface area contributed by atoms with Gasteiger partial charge in [0, 0.05) is 10.8 Å². The third kappa shape index (κ3) is 4.13. The molecule has 136 valence electrons. The first-order chi connectivity index (χ1) is 13.2. The van der Waals surface area contributed by atoms with Gasteiger partial charge in [0.1, 0.15) is 5.03 Å². The van der Waals surface area contributed by atoms with Crippen LogP contribution in [0.3, 0.4) is 0 Å². The van der Waals surface area contributed by atoms with Crippen LogP contribution < -0.4 is 0 Å². The number of halogens is 1. The molecule has 0 unspecified atom stereocenters. The van der Waals surface area contributed by atoms with E-state index in [4.69, 9.17) is 21.6 Å². The first-order valence-corrected chi connectivity index (χ1v) is 11.0. The summed E-state index contributed by atoms with van der Waals surface area (Å²) in [6, 6.07) is 18.2. The van der Waals surface area contributed by atoms with Crippen LogP contribution in [0.1, 0.15) is 11.1 Å². The third-order valence-corrected chi connectivity index (χ3v) is 6.08. The summed E-state index contributed by atoms with van der Waals surface area (Å²) in [5.74, 6) is 0.753. The van der Waals surface area contributed by atoms with Crippen LogP contribution in [0.5, 0.6) is 0 Å². The Morgan fingerprint density at radius 3 is 2.56 bits per heavy atom. The number of aromatic nitrogens is 4. The predicted molar refractivity (Wildman–Crippen MR) is 114 cm³/mol. The lowest BCUT2D eigenvalue weighted by atomic mass is 10.2. The Morgan fingerprint density at radius 1 is 1.00 bits per heavy atom. The Morgan fingerprint density at radius 2 is 1.78 bits per heavy atom. The molecule has 0 atom stereocenters. The summed E-state index contributed by atoms with van der Waals surface area (Å²) in [6.07, 6.45) is 3.85. The van der Waals surface area contributed by atoms with Crippen LogP contribution in [-0.2, 0) is 12.3 Å². The summed E-state index contributed by atoms with van der Waals surface area (Å²) in [5, 5.41) is 8.00. The van der Waals surface area contributed by atoms with Crippen LogP contribution in [0.4, 0.5) is 0 Å². The van der Waals surface area contributed by atoms with Gasteiger partial charge in [-0.2, -0.15) is 5.10 Å². The van der Waals surface area contributed by atoms with Crippen molar-refractivity contribution in [3.05, 3.63) is 76.9 Å². The van der Waals surface area contributed by atoms with Crippen LogP contribution in [0, 0.1) is 0 Å². The number of fused-ring (bicyclic) bond motifs is 1. The Kier molecular flexibility index (Phi) is 5.66. The molecule has 0 spiro atoms. The van der Waals surface area contributed by atoms with Crippen LogP contribution in [0.25, 0.3) is 11.0 Å². The van der Waals surface area contributed by atoms with Crippen molar-refractivity contribution in [3.63, 3.8) is 0 Å². The number of rotatable bonds is 6. The fraction of sp³-hybridized carbons (Fsp3) is 0.150. The quantitative estimate of drug-likeness (QED) is 0.236. The van der Waals surface area contributed by atoms with E-state index in [1.807, 2.05) is 59.6 Å². The summed E-state index contributed by atoms with van der Waals surface area (Å²) >= 11 is 9.50. The molecular weight excluding hydrogens is 396 g/mol. The Labute approximate surface area is 171 Å². The molecule has 2 heterocycles. The van der Waals surface area contributed by atoms with Crippen molar-refractivity contribution in [3.8, 4) is 0 Å². The minimum atomic E-state index is 0.684. The molecule has 27 heavy (non-hydrogen) atoms. The van der Waals surface area contributed by atoms with Crippen LogP contribution >= 0.6 is 35.1 Å². The van der Waals surface area contributed by atoms with Gasteiger partial charge in [0.15, 0.2) is 10.8 Å². The third-order valence-electron chi connectivity index (χ3n) is 4.12. The van der Waals surface area contributed by atoms with Crippen LogP contribution in [0.15, 0.2) is 71.0 Å². The highest BCUT2D eigenvalue weighted by Crippen LogP contribution is 2.31. The zero-order chi connectivity index (χ0) is 18.6. The normalized spacial score (nSPS) is 11.2. The molecule has 4 aromatic rings. The highest BCUT2D eigenvalue weighted by molar-refractivity contribution is 7.99. The molecule has 4 nitrogen and oxygen atoms in total. The summed E-state index contributed by atoms with van der Waals surface area (Å²) in [4.78, 5) is 9.40. The average molecular weight is 413 g/mol. The molecule has 4 rings (SSSR count). The molecule has 2 aromatic heterocycles. The van der Waals surface area contributed by atoms with E-state index in [-0.39, 0.29) is 0 Å². The summed E-state index contributed by atoms with van der Waals surface area (Å²) in [7, 11) is 0. The smallest absolute Gasteiger partial charge is 0.190 e. The van der Waals surface area contributed by atoms with E-state index in [0.717, 1.165) is 37.6 Å². The van der Waals surface area contributed by atoms with E-state index < -0.39 is 0 Å². The second-order valence-corrected chi connectivity index (χ2v) is 8.07. The molecule has 7 heteroatoms. The summed E-state index contributed by atoms with van der Waals surface area (Å²) < 4.78 is 1.94. The van der Waals surface area contributed by atoms with Gasteiger partial charge in [-0.25, -0.2) is 14.6 Å². The summed E-state index contributed by atoms with van der Waals surface area (Å²) in [5.41, 5.74) is 3.15. The number of nitrogens with zero attached hydrogens (tertiary/aromatic N) is 4. The van der Waals surface area contributed by atoms with E-state index in [2.05, 4.69) is 17.2 Å². The molecule has 0 aliphatic heterocycles. The van der Waals surface area contributed by atoms with Crippen LogP contribution in [0.2, 0.25) is 5.02 Å². The van der Waals surface area contributed by atoms with Crippen molar-refractivity contribution in [1.82, 2.24) is 19.7 Å². The largest absolute Gasteiger partial charge is 0.243 e. The number of hydrogen-bond donors (Lipinski definition) is 0. The second-order valence-electron chi connectivity index (χ2n) is 5.92. The average Bonchev–Trinajstić information content (AvgIpc) is 3.10. The number of thioether (sulfide) groups is 2. The lowest BCUT2D eigenvalue weighted by Gasteiger charge is -2.07. The maximum atomic E-state index is 6.29. The minimum absolute atomic E-state index is 0.684. The molecule has 0 saturated heterocycles. The van der Waals surface area contributed by atoms with Crippen molar-refractivity contribution in [1.29, 1.82) is 0 Å². The molecule has 0 aliphatic carbocycles. The van der Waals surface area contributed by atoms with E-state index in [1.54, 1.807) is 11.8 Å². The standard InChI is InChI=1S/C20H17ClN4S2/c1-26-20-23-18-16(11-22-25(18)12-14-7-3-2-4-8-14)19(24-20)27-13-15-9-5-6-10-17(15)21/h2-11H,12-13H2,1H3. The van der Waals surface area contributed by atoms with Crippen molar-refractivity contribution >= 4 is 46.2 Å². The molecule has 0 N–H and O–H groups in total. The van der Waals surface area contributed by atoms with Gasteiger partial charge in [0.2, 0.25) is 0 Å². The summed E-state index contributed by atoms with van der Waals surface area (Å²) in [6.45, 7) is 0.684. The predicted octanol–water partition coefficient (Wildman–Crippen LogP) is 5.54. The Bertz CT molecular complexity index is 1070. The number of hydrogen-bond acceptors (Lipinski definition) is 5. The molecular formula is C20H17ClN4S2. The first-order valence-electron chi connectivity index (χ1n) is 8.42. The lowest BCUT2D eigenvalue weighted by molar-refractivity contribution is 0.698. The zero-order valence-electron chi connectivity index (χ0n) is 14.7. The topological polar surface area (TPSA) is 43.6 Å². The van der Waals surface area contributed by atoms with Gasteiger partial charge >= 0.3 is 0 Å². The number of benzene rings is 2. The van der Waals surface area contributed by atoms with Crippen molar-refractivity contribution in [2.24, 2.45) is 0 Å². The molecule has 0 amide bonds. The lowest BCUT2D eigenvalue weighted by Crippen LogP contribution is -2.03. The molecule has 0 saturated carbocycles. The Hall–Kier alpha value is -2.02. The van der Waals surface area contributed by atoms with Gasteiger partial charge in [0.05, 0.1) is 18.1 Å². The second kappa shape index (κ2) is 8.33. The molecule has 2 aromatic carbocycles. The van der Waals surface area contributed by atoms with E-state index in [1.165, 1.54) is 17.3 Å². The SMILES string of the molecule is CSc1nc(SCc2ccccc2Cl)c2cnn(Cc3ccccc3)c2n1. The first kappa shape index (κ1) is 18.3. The monoisotopic (exact) mass is 412 g/mol. The fourth-order valence-corrected chi connectivity index (χ4v) is 4.44. The Balaban J connectivity index is 1.67. The van der Waals surface area contributed by atoms with E-state index in [0.29, 0.717) is 6.54 Å². The van der Waals surface area contributed by atoms with Gasteiger partial charge in [-0.1, -0.05) is 71.9 Å². The van der Waals surface area contributed by atoms with Crippen LogP contribution in [-0.4, -0.2) is 26.0 Å².